The molecular weight excluding hydrogens is 302 g/mol. The standard InChI is InChI=1S/C19H33N3O2/c1-5-23-15-18-9-7-6-8-17(18)14-22-19(20-4)21-11-13-24-12-10-16(2)3/h6-9,16H,5,10-15H2,1-4H3,(H2,20,21,22). The number of rotatable bonds is 11. The predicted molar refractivity (Wildman–Crippen MR) is 100 cm³/mol. The van der Waals surface area contributed by atoms with E-state index in [4.69, 9.17) is 9.47 Å². The minimum atomic E-state index is 0.643. The Balaban J connectivity index is 2.31. The summed E-state index contributed by atoms with van der Waals surface area (Å²) in [6, 6.07) is 8.31. The van der Waals surface area contributed by atoms with Gasteiger partial charge in [-0.1, -0.05) is 38.1 Å². The van der Waals surface area contributed by atoms with E-state index in [1.807, 2.05) is 19.1 Å². The largest absolute Gasteiger partial charge is 0.380 e. The molecule has 5 nitrogen and oxygen atoms in total. The second-order valence-electron chi connectivity index (χ2n) is 6.05. The maximum absolute atomic E-state index is 5.60. The van der Waals surface area contributed by atoms with Gasteiger partial charge in [0.05, 0.1) is 13.2 Å². The van der Waals surface area contributed by atoms with Crippen LogP contribution < -0.4 is 10.6 Å². The number of benzene rings is 1. The third kappa shape index (κ3) is 8.89. The smallest absolute Gasteiger partial charge is 0.191 e. The highest BCUT2D eigenvalue weighted by molar-refractivity contribution is 5.79. The van der Waals surface area contributed by atoms with Crippen molar-refractivity contribution in [2.75, 3.05) is 33.4 Å². The van der Waals surface area contributed by atoms with Crippen molar-refractivity contribution >= 4 is 5.96 Å². The Kier molecular flexibility index (Phi) is 10.9. The van der Waals surface area contributed by atoms with Crippen LogP contribution in [0.25, 0.3) is 0 Å². The average Bonchev–Trinajstić information content (AvgIpc) is 2.59. The molecule has 0 unspecified atom stereocenters. The zero-order chi connectivity index (χ0) is 17.6. The van der Waals surface area contributed by atoms with Crippen LogP contribution >= 0.6 is 0 Å². The molecular formula is C19H33N3O2. The zero-order valence-electron chi connectivity index (χ0n) is 15.6. The van der Waals surface area contributed by atoms with Crippen molar-refractivity contribution in [1.29, 1.82) is 0 Å². The van der Waals surface area contributed by atoms with Crippen LogP contribution in [-0.4, -0.2) is 39.4 Å². The van der Waals surface area contributed by atoms with Crippen LogP contribution in [0.5, 0.6) is 0 Å². The Labute approximate surface area is 146 Å². The first-order valence-electron chi connectivity index (χ1n) is 8.84. The van der Waals surface area contributed by atoms with Crippen molar-refractivity contribution in [3.63, 3.8) is 0 Å². The fourth-order valence-corrected chi connectivity index (χ4v) is 2.15. The molecule has 136 valence electrons. The Bertz CT molecular complexity index is 475. The van der Waals surface area contributed by atoms with E-state index >= 15 is 0 Å². The third-order valence-corrected chi connectivity index (χ3v) is 3.63. The molecule has 5 heteroatoms. The highest BCUT2D eigenvalue weighted by Gasteiger charge is 2.03. The van der Waals surface area contributed by atoms with Gasteiger partial charge in [-0.3, -0.25) is 4.99 Å². The van der Waals surface area contributed by atoms with E-state index in [-0.39, 0.29) is 0 Å². The van der Waals surface area contributed by atoms with E-state index in [2.05, 4.69) is 41.6 Å². The molecule has 0 saturated carbocycles. The molecule has 0 saturated heterocycles. The lowest BCUT2D eigenvalue weighted by Gasteiger charge is -2.14. The van der Waals surface area contributed by atoms with Gasteiger partial charge in [-0.15, -0.1) is 0 Å². The van der Waals surface area contributed by atoms with Crippen LogP contribution in [0, 0.1) is 5.92 Å². The fraction of sp³-hybridized carbons (Fsp3) is 0.632. The number of aliphatic imine (C=N–C) groups is 1. The number of nitrogens with one attached hydrogen (secondary N) is 2. The summed E-state index contributed by atoms with van der Waals surface area (Å²) in [5, 5.41) is 6.61. The summed E-state index contributed by atoms with van der Waals surface area (Å²) in [4.78, 5) is 4.25. The van der Waals surface area contributed by atoms with Gasteiger partial charge in [0.2, 0.25) is 0 Å². The molecule has 0 atom stereocenters. The maximum Gasteiger partial charge on any atom is 0.191 e. The monoisotopic (exact) mass is 335 g/mol. The summed E-state index contributed by atoms with van der Waals surface area (Å²) >= 11 is 0. The van der Waals surface area contributed by atoms with Crippen LogP contribution in [-0.2, 0) is 22.6 Å². The second-order valence-corrected chi connectivity index (χ2v) is 6.05. The number of nitrogens with zero attached hydrogens (tertiary/aromatic N) is 1. The van der Waals surface area contributed by atoms with Crippen molar-refractivity contribution in [2.24, 2.45) is 10.9 Å². The number of hydrogen-bond donors (Lipinski definition) is 2. The molecule has 2 N–H and O–H groups in total. The topological polar surface area (TPSA) is 54.9 Å². The zero-order valence-corrected chi connectivity index (χ0v) is 15.6. The van der Waals surface area contributed by atoms with E-state index in [9.17, 15) is 0 Å². The van der Waals surface area contributed by atoms with Crippen molar-refractivity contribution in [2.45, 2.75) is 40.3 Å². The molecule has 1 rings (SSSR count). The first-order chi connectivity index (χ1) is 11.7. The molecule has 0 aromatic heterocycles. The summed E-state index contributed by atoms with van der Waals surface area (Å²) in [5.74, 6) is 1.47. The molecule has 0 aliphatic carbocycles. The molecule has 0 bridgehead atoms. The van der Waals surface area contributed by atoms with Crippen molar-refractivity contribution in [1.82, 2.24) is 10.6 Å². The lowest BCUT2D eigenvalue weighted by atomic mass is 10.1. The maximum atomic E-state index is 5.60. The van der Waals surface area contributed by atoms with E-state index < -0.39 is 0 Å². The first kappa shape index (κ1) is 20.5. The van der Waals surface area contributed by atoms with Gasteiger partial charge < -0.3 is 20.1 Å². The summed E-state index contributed by atoms with van der Waals surface area (Å²) in [6.07, 6.45) is 1.10. The van der Waals surface area contributed by atoms with Crippen LogP contribution in [0.15, 0.2) is 29.3 Å². The lowest BCUT2D eigenvalue weighted by molar-refractivity contribution is 0.128. The quantitative estimate of drug-likeness (QED) is 0.371. The van der Waals surface area contributed by atoms with Gasteiger partial charge in [0.1, 0.15) is 0 Å². The van der Waals surface area contributed by atoms with Gasteiger partial charge in [-0.25, -0.2) is 0 Å². The Morgan fingerprint density at radius 1 is 1.08 bits per heavy atom. The fourth-order valence-electron chi connectivity index (χ4n) is 2.15. The van der Waals surface area contributed by atoms with Gasteiger partial charge in [0, 0.05) is 33.4 Å². The van der Waals surface area contributed by atoms with E-state index in [1.165, 1.54) is 11.1 Å². The van der Waals surface area contributed by atoms with Gasteiger partial charge in [0.15, 0.2) is 5.96 Å². The SMILES string of the molecule is CCOCc1ccccc1CNC(=NC)NCCOCCC(C)C. The van der Waals surface area contributed by atoms with Crippen molar-refractivity contribution < 1.29 is 9.47 Å². The van der Waals surface area contributed by atoms with Crippen LogP contribution in [0.4, 0.5) is 0 Å². The molecule has 0 aliphatic heterocycles. The molecule has 0 radical (unpaired) electrons. The third-order valence-electron chi connectivity index (χ3n) is 3.63. The van der Waals surface area contributed by atoms with E-state index in [0.29, 0.717) is 19.1 Å². The Morgan fingerprint density at radius 3 is 2.50 bits per heavy atom. The molecule has 1 aromatic rings. The Hall–Kier alpha value is -1.59. The molecule has 1 aromatic carbocycles. The average molecular weight is 335 g/mol. The number of guanidine groups is 1. The van der Waals surface area contributed by atoms with Gasteiger partial charge in [0.25, 0.3) is 0 Å². The van der Waals surface area contributed by atoms with E-state index in [1.54, 1.807) is 7.05 Å². The van der Waals surface area contributed by atoms with Crippen molar-refractivity contribution in [3.05, 3.63) is 35.4 Å². The summed E-state index contributed by atoms with van der Waals surface area (Å²) < 4.78 is 11.1. The second kappa shape index (κ2) is 12.8. The minimum Gasteiger partial charge on any atom is -0.380 e. The van der Waals surface area contributed by atoms with Gasteiger partial charge in [-0.2, -0.15) is 0 Å². The molecule has 0 aliphatic rings. The molecule has 24 heavy (non-hydrogen) atoms. The Morgan fingerprint density at radius 2 is 1.83 bits per heavy atom. The first-order valence-corrected chi connectivity index (χ1v) is 8.84. The molecule has 0 heterocycles. The normalized spacial score (nSPS) is 11.8. The van der Waals surface area contributed by atoms with Gasteiger partial charge >= 0.3 is 0 Å². The number of hydrogen-bond acceptors (Lipinski definition) is 3. The van der Waals surface area contributed by atoms with Crippen LogP contribution in [0.2, 0.25) is 0 Å². The lowest BCUT2D eigenvalue weighted by Crippen LogP contribution is -2.38. The number of ether oxygens (including phenoxy) is 2. The van der Waals surface area contributed by atoms with Crippen molar-refractivity contribution in [3.8, 4) is 0 Å². The summed E-state index contributed by atoms with van der Waals surface area (Å²) in [6.45, 7) is 10.8. The van der Waals surface area contributed by atoms with E-state index in [0.717, 1.165) is 38.7 Å². The van der Waals surface area contributed by atoms with Crippen LogP contribution in [0.3, 0.4) is 0 Å². The highest BCUT2D eigenvalue weighted by atomic mass is 16.5. The molecule has 0 amide bonds. The van der Waals surface area contributed by atoms with Gasteiger partial charge in [-0.05, 0) is 30.4 Å². The molecule has 0 fully saturated rings. The molecule has 0 spiro atoms. The predicted octanol–water partition coefficient (Wildman–Crippen LogP) is 2.95. The summed E-state index contributed by atoms with van der Waals surface area (Å²) in [7, 11) is 1.78. The van der Waals surface area contributed by atoms with Crippen LogP contribution in [0.1, 0.15) is 38.3 Å². The summed E-state index contributed by atoms with van der Waals surface area (Å²) in [5.41, 5.74) is 2.43. The minimum absolute atomic E-state index is 0.643. The highest BCUT2D eigenvalue weighted by Crippen LogP contribution is 2.09.